The van der Waals surface area contributed by atoms with Crippen molar-refractivity contribution in [1.29, 1.82) is 0 Å². The maximum atomic E-state index is 12.3. The van der Waals surface area contributed by atoms with Gasteiger partial charge < -0.3 is 15.1 Å². The number of amides is 1. The Hall–Kier alpha value is -0.610. The van der Waals surface area contributed by atoms with Crippen molar-refractivity contribution < 1.29 is 4.79 Å². The van der Waals surface area contributed by atoms with E-state index in [2.05, 4.69) is 22.0 Å². The summed E-state index contributed by atoms with van der Waals surface area (Å²) in [7, 11) is 0. The number of nitrogens with zero attached hydrogens (tertiary/aromatic N) is 2. The number of likely N-dealkylation sites (tertiary alicyclic amines) is 1. The molecule has 110 valence electrons. The number of rotatable bonds is 7. The van der Waals surface area contributed by atoms with Gasteiger partial charge in [0.2, 0.25) is 5.91 Å². The van der Waals surface area contributed by atoms with Crippen LogP contribution in [0.15, 0.2) is 0 Å². The summed E-state index contributed by atoms with van der Waals surface area (Å²) < 4.78 is 0. The minimum atomic E-state index is 0.349. The molecule has 1 N–H and O–H groups in total. The summed E-state index contributed by atoms with van der Waals surface area (Å²) in [5.41, 5.74) is 0. The van der Waals surface area contributed by atoms with Crippen LogP contribution in [0, 0.1) is 0 Å². The van der Waals surface area contributed by atoms with Crippen LogP contribution in [0.25, 0.3) is 0 Å². The van der Waals surface area contributed by atoms with Crippen molar-refractivity contribution in [3.05, 3.63) is 0 Å². The monoisotopic (exact) mass is 267 g/mol. The summed E-state index contributed by atoms with van der Waals surface area (Å²) in [5.74, 6) is 0.349. The molecule has 1 atom stereocenters. The molecule has 0 bridgehead atoms. The van der Waals surface area contributed by atoms with E-state index in [1.54, 1.807) is 0 Å². The van der Waals surface area contributed by atoms with E-state index in [9.17, 15) is 4.79 Å². The predicted octanol–water partition coefficient (Wildman–Crippen LogP) is 1.46. The van der Waals surface area contributed by atoms with Crippen LogP contribution in [0.5, 0.6) is 0 Å². The van der Waals surface area contributed by atoms with Gasteiger partial charge in [-0.05, 0) is 51.7 Å². The highest BCUT2D eigenvalue weighted by Gasteiger charge is 2.21. The Labute approximate surface area is 117 Å². The average molecular weight is 267 g/mol. The summed E-state index contributed by atoms with van der Waals surface area (Å²) in [6, 6.07) is 0.530. The van der Waals surface area contributed by atoms with Crippen molar-refractivity contribution >= 4 is 5.91 Å². The Kier molecular flexibility index (Phi) is 6.11. The molecule has 0 radical (unpaired) electrons. The summed E-state index contributed by atoms with van der Waals surface area (Å²) in [5, 5.41) is 3.49. The number of nitrogens with one attached hydrogen (secondary N) is 1. The number of hydrogen-bond acceptors (Lipinski definition) is 3. The van der Waals surface area contributed by atoms with E-state index in [1.807, 2.05) is 0 Å². The third-order valence-electron chi connectivity index (χ3n) is 4.29. The minimum absolute atomic E-state index is 0.349. The zero-order valence-electron chi connectivity index (χ0n) is 12.4. The molecule has 19 heavy (non-hydrogen) atoms. The van der Waals surface area contributed by atoms with Crippen LogP contribution in [-0.2, 0) is 4.79 Å². The SMILES string of the molecule is CCCN(CC1CCCN1)C(=O)CCN1CCCC1. The van der Waals surface area contributed by atoms with E-state index >= 15 is 0 Å². The fraction of sp³-hybridized carbons (Fsp3) is 0.933. The number of hydrogen-bond donors (Lipinski definition) is 1. The quantitative estimate of drug-likeness (QED) is 0.758. The van der Waals surface area contributed by atoms with Crippen molar-refractivity contribution in [1.82, 2.24) is 15.1 Å². The second-order valence-electron chi connectivity index (χ2n) is 5.93. The molecule has 2 saturated heterocycles. The van der Waals surface area contributed by atoms with Gasteiger partial charge in [-0.1, -0.05) is 6.92 Å². The largest absolute Gasteiger partial charge is 0.341 e. The highest BCUT2D eigenvalue weighted by atomic mass is 16.2. The minimum Gasteiger partial charge on any atom is -0.341 e. The van der Waals surface area contributed by atoms with Gasteiger partial charge in [0.15, 0.2) is 0 Å². The molecule has 1 amide bonds. The molecule has 0 aromatic rings. The summed E-state index contributed by atoms with van der Waals surface area (Å²) in [6.45, 7) is 8.42. The molecular weight excluding hydrogens is 238 g/mol. The molecule has 4 heteroatoms. The van der Waals surface area contributed by atoms with E-state index < -0.39 is 0 Å². The van der Waals surface area contributed by atoms with Crippen molar-refractivity contribution in [3.63, 3.8) is 0 Å². The van der Waals surface area contributed by atoms with E-state index in [4.69, 9.17) is 0 Å². The lowest BCUT2D eigenvalue weighted by Gasteiger charge is -2.26. The zero-order chi connectivity index (χ0) is 13.5. The van der Waals surface area contributed by atoms with Crippen molar-refractivity contribution in [2.75, 3.05) is 39.3 Å². The maximum Gasteiger partial charge on any atom is 0.223 e. The number of carbonyl (C=O) groups excluding carboxylic acids is 1. The van der Waals surface area contributed by atoms with Gasteiger partial charge in [-0.15, -0.1) is 0 Å². The second-order valence-corrected chi connectivity index (χ2v) is 5.93. The van der Waals surface area contributed by atoms with Crippen LogP contribution in [-0.4, -0.2) is 61.0 Å². The topological polar surface area (TPSA) is 35.6 Å². The van der Waals surface area contributed by atoms with Crippen LogP contribution in [0.1, 0.15) is 45.4 Å². The smallest absolute Gasteiger partial charge is 0.223 e. The lowest BCUT2D eigenvalue weighted by Crippen LogP contribution is -2.42. The van der Waals surface area contributed by atoms with Gasteiger partial charge in [-0.2, -0.15) is 0 Å². The fourth-order valence-corrected chi connectivity index (χ4v) is 3.18. The normalized spacial score (nSPS) is 23.9. The van der Waals surface area contributed by atoms with E-state index in [0.717, 1.165) is 32.6 Å². The van der Waals surface area contributed by atoms with Gasteiger partial charge in [0.05, 0.1) is 0 Å². The Morgan fingerprint density at radius 1 is 1.32 bits per heavy atom. The first-order valence-electron chi connectivity index (χ1n) is 8.03. The Morgan fingerprint density at radius 3 is 2.74 bits per heavy atom. The van der Waals surface area contributed by atoms with E-state index in [-0.39, 0.29) is 0 Å². The standard InChI is InChI=1S/C15H29N3O/c1-2-9-18(13-14-6-5-8-16-14)15(19)7-12-17-10-3-4-11-17/h14,16H,2-13H2,1H3. The van der Waals surface area contributed by atoms with Gasteiger partial charge in [0.1, 0.15) is 0 Å². The van der Waals surface area contributed by atoms with Gasteiger partial charge in [0, 0.05) is 32.1 Å². The van der Waals surface area contributed by atoms with Gasteiger partial charge in [-0.3, -0.25) is 4.79 Å². The molecule has 0 aliphatic carbocycles. The molecule has 1 unspecified atom stereocenters. The Morgan fingerprint density at radius 2 is 2.11 bits per heavy atom. The van der Waals surface area contributed by atoms with Crippen LogP contribution in [0.3, 0.4) is 0 Å². The van der Waals surface area contributed by atoms with Crippen LogP contribution >= 0.6 is 0 Å². The average Bonchev–Trinajstić information content (AvgIpc) is 3.08. The molecule has 2 aliphatic rings. The van der Waals surface area contributed by atoms with Crippen LogP contribution in [0.2, 0.25) is 0 Å². The molecule has 4 nitrogen and oxygen atoms in total. The van der Waals surface area contributed by atoms with Gasteiger partial charge in [0.25, 0.3) is 0 Å². The van der Waals surface area contributed by atoms with E-state index in [0.29, 0.717) is 18.4 Å². The lowest BCUT2D eigenvalue weighted by molar-refractivity contribution is -0.131. The Bertz CT molecular complexity index is 271. The molecular formula is C15H29N3O. The highest BCUT2D eigenvalue weighted by molar-refractivity contribution is 5.76. The first-order chi connectivity index (χ1) is 9.29. The molecule has 2 aliphatic heterocycles. The molecule has 0 aromatic heterocycles. The van der Waals surface area contributed by atoms with Crippen molar-refractivity contribution in [2.24, 2.45) is 0 Å². The van der Waals surface area contributed by atoms with Crippen LogP contribution < -0.4 is 5.32 Å². The zero-order valence-corrected chi connectivity index (χ0v) is 12.4. The molecule has 0 spiro atoms. The first-order valence-corrected chi connectivity index (χ1v) is 8.03. The van der Waals surface area contributed by atoms with Crippen molar-refractivity contribution in [2.45, 2.75) is 51.5 Å². The third kappa shape index (κ3) is 4.77. The lowest BCUT2D eigenvalue weighted by atomic mass is 10.2. The number of carbonyl (C=O) groups is 1. The maximum absolute atomic E-state index is 12.3. The van der Waals surface area contributed by atoms with Gasteiger partial charge >= 0.3 is 0 Å². The van der Waals surface area contributed by atoms with Crippen LogP contribution in [0.4, 0.5) is 0 Å². The second kappa shape index (κ2) is 7.85. The highest BCUT2D eigenvalue weighted by Crippen LogP contribution is 2.11. The third-order valence-corrected chi connectivity index (χ3v) is 4.29. The summed E-state index contributed by atoms with van der Waals surface area (Å²) in [6.07, 6.45) is 6.85. The molecule has 2 rings (SSSR count). The summed E-state index contributed by atoms with van der Waals surface area (Å²) >= 11 is 0. The fourth-order valence-electron chi connectivity index (χ4n) is 3.18. The first kappa shape index (κ1) is 14.8. The molecule has 2 heterocycles. The summed E-state index contributed by atoms with van der Waals surface area (Å²) in [4.78, 5) is 16.9. The van der Waals surface area contributed by atoms with Crippen molar-refractivity contribution in [3.8, 4) is 0 Å². The Balaban J connectivity index is 1.73. The molecule has 2 fully saturated rings. The molecule has 0 saturated carbocycles. The van der Waals surface area contributed by atoms with Gasteiger partial charge in [-0.25, -0.2) is 0 Å². The molecule has 0 aromatic carbocycles. The predicted molar refractivity (Wildman–Crippen MR) is 78.2 cm³/mol. The van der Waals surface area contributed by atoms with E-state index in [1.165, 1.54) is 38.8 Å².